The van der Waals surface area contributed by atoms with E-state index in [2.05, 4.69) is 15.3 Å². The van der Waals surface area contributed by atoms with Gasteiger partial charge in [0.05, 0.1) is 0 Å². The monoisotopic (exact) mass is 261 g/mol. The minimum absolute atomic E-state index is 0.172. The van der Waals surface area contributed by atoms with Crippen LogP contribution in [0.3, 0.4) is 0 Å². The highest BCUT2D eigenvalue weighted by molar-refractivity contribution is 5.37. The molecule has 1 heterocycles. The van der Waals surface area contributed by atoms with E-state index in [4.69, 9.17) is 0 Å². The van der Waals surface area contributed by atoms with Crippen molar-refractivity contribution in [2.75, 3.05) is 5.32 Å². The molecule has 0 amide bonds. The molecule has 0 unspecified atom stereocenters. The van der Waals surface area contributed by atoms with Gasteiger partial charge in [-0.2, -0.15) is 0 Å². The average molecular weight is 261 g/mol. The normalized spacial score (nSPS) is 10.5. The lowest BCUT2D eigenvalue weighted by Gasteiger charge is -2.09. The smallest absolute Gasteiger partial charge is 0.252 e. The van der Waals surface area contributed by atoms with E-state index in [1.807, 2.05) is 0 Å². The van der Waals surface area contributed by atoms with Crippen LogP contribution in [0.4, 0.5) is 10.2 Å². The van der Waals surface area contributed by atoms with Crippen LogP contribution >= 0.6 is 0 Å². The molecule has 1 aromatic carbocycles. The topological polar surface area (TPSA) is 57.8 Å². The molecule has 0 aliphatic rings. The Balaban J connectivity index is 2.16. The molecule has 5 heteroatoms. The van der Waals surface area contributed by atoms with Gasteiger partial charge in [-0.1, -0.05) is 12.1 Å². The van der Waals surface area contributed by atoms with Crippen molar-refractivity contribution >= 4 is 5.82 Å². The van der Waals surface area contributed by atoms with E-state index in [9.17, 15) is 9.18 Å². The lowest BCUT2D eigenvalue weighted by molar-refractivity contribution is 0.608. The molecule has 19 heavy (non-hydrogen) atoms. The van der Waals surface area contributed by atoms with E-state index < -0.39 is 0 Å². The SMILES string of the molecule is Cc1nc(NCc2cc(C)c(F)c(C)c2)cc(=O)[nH]1. The number of anilines is 1. The Hall–Kier alpha value is -2.17. The molecule has 0 radical (unpaired) electrons. The van der Waals surface area contributed by atoms with Gasteiger partial charge in [-0.3, -0.25) is 4.79 Å². The van der Waals surface area contributed by atoms with E-state index >= 15 is 0 Å². The van der Waals surface area contributed by atoms with E-state index in [1.54, 1.807) is 32.9 Å². The number of benzene rings is 1. The number of nitrogens with one attached hydrogen (secondary N) is 2. The maximum Gasteiger partial charge on any atom is 0.252 e. The highest BCUT2D eigenvalue weighted by atomic mass is 19.1. The maximum atomic E-state index is 13.5. The molecule has 0 aliphatic heterocycles. The Kier molecular flexibility index (Phi) is 3.64. The molecule has 4 nitrogen and oxygen atoms in total. The van der Waals surface area contributed by atoms with Gasteiger partial charge in [0.25, 0.3) is 5.56 Å². The van der Waals surface area contributed by atoms with Crippen LogP contribution in [-0.4, -0.2) is 9.97 Å². The zero-order valence-electron chi connectivity index (χ0n) is 11.2. The van der Waals surface area contributed by atoms with Crippen molar-refractivity contribution < 1.29 is 4.39 Å². The molecule has 0 bridgehead atoms. The number of aromatic amines is 1. The Labute approximate surface area is 110 Å². The molecule has 2 N–H and O–H groups in total. The van der Waals surface area contributed by atoms with E-state index in [-0.39, 0.29) is 11.4 Å². The third kappa shape index (κ3) is 3.19. The van der Waals surface area contributed by atoms with Crippen LogP contribution in [-0.2, 0) is 6.54 Å². The van der Waals surface area contributed by atoms with Crippen LogP contribution in [0.2, 0.25) is 0 Å². The summed E-state index contributed by atoms with van der Waals surface area (Å²) in [5, 5.41) is 3.06. The molecule has 0 fully saturated rings. The largest absolute Gasteiger partial charge is 0.366 e. The van der Waals surface area contributed by atoms with Gasteiger partial charge < -0.3 is 10.3 Å². The van der Waals surface area contributed by atoms with Gasteiger partial charge in [-0.15, -0.1) is 0 Å². The standard InChI is InChI=1S/C14H16FN3O/c1-8-4-11(5-9(2)14(8)15)7-16-12-6-13(19)18-10(3)17-12/h4-6H,7H2,1-3H3,(H2,16,17,18,19). The summed E-state index contributed by atoms with van der Waals surface area (Å²) in [5.74, 6) is 0.899. The zero-order chi connectivity index (χ0) is 14.0. The van der Waals surface area contributed by atoms with Crippen molar-refractivity contribution in [3.63, 3.8) is 0 Å². The number of hydrogen-bond acceptors (Lipinski definition) is 3. The molecule has 1 aromatic heterocycles. The van der Waals surface area contributed by atoms with Gasteiger partial charge in [0, 0.05) is 12.6 Å². The maximum absolute atomic E-state index is 13.5. The number of H-pyrrole nitrogens is 1. The first-order valence-corrected chi connectivity index (χ1v) is 6.03. The van der Waals surface area contributed by atoms with Gasteiger partial charge in [-0.05, 0) is 37.5 Å². The summed E-state index contributed by atoms with van der Waals surface area (Å²) in [4.78, 5) is 18.0. The summed E-state index contributed by atoms with van der Waals surface area (Å²) in [5.41, 5.74) is 2.00. The van der Waals surface area contributed by atoms with Gasteiger partial charge in [0.2, 0.25) is 0 Å². The van der Waals surface area contributed by atoms with Crippen LogP contribution in [0.15, 0.2) is 23.0 Å². The first-order valence-electron chi connectivity index (χ1n) is 6.03. The predicted octanol–water partition coefficient (Wildman–Crippen LogP) is 2.45. The van der Waals surface area contributed by atoms with Gasteiger partial charge >= 0.3 is 0 Å². The minimum atomic E-state index is -0.193. The van der Waals surface area contributed by atoms with E-state index in [0.29, 0.717) is 29.3 Å². The summed E-state index contributed by atoms with van der Waals surface area (Å²) in [6, 6.07) is 4.97. The van der Waals surface area contributed by atoms with Gasteiger partial charge in [-0.25, -0.2) is 9.37 Å². The Bertz CT molecular complexity index is 641. The number of hydrogen-bond donors (Lipinski definition) is 2. The first kappa shape index (κ1) is 13.3. The summed E-state index contributed by atoms with van der Waals surface area (Å²) in [6.07, 6.45) is 0. The number of rotatable bonds is 3. The highest BCUT2D eigenvalue weighted by Crippen LogP contribution is 2.15. The van der Waals surface area contributed by atoms with Crippen LogP contribution < -0.4 is 10.9 Å². The molecular weight excluding hydrogens is 245 g/mol. The van der Waals surface area contributed by atoms with E-state index in [0.717, 1.165) is 5.56 Å². The van der Waals surface area contributed by atoms with E-state index in [1.165, 1.54) is 6.07 Å². The third-order valence-electron chi connectivity index (χ3n) is 2.83. The number of aromatic nitrogens is 2. The summed E-state index contributed by atoms with van der Waals surface area (Å²) < 4.78 is 13.5. The van der Waals surface area contributed by atoms with Crippen molar-refractivity contribution in [3.05, 3.63) is 56.9 Å². The fourth-order valence-electron chi connectivity index (χ4n) is 2.00. The van der Waals surface area contributed by atoms with Gasteiger partial charge in [0.1, 0.15) is 17.5 Å². The molecule has 0 saturated carbocycles. The van der Waals surface area contributed by atoms with Crippen molar-refractivity contribution in [1.82, 2.24) is 9.97 Å². The zero-order valence-corrected chi connectivity index (χ0v) is 11.2. The molecule has 0 aliphatic carbocycles. The fraction of sp³-hybridized carbons (Fsp3) is 0.286. The van der Waals surface area contributed by atoms with Crippen LogP contribution in [0.5, 0.6) is 0 Å². The second-order valence-electron chi connectivity index (χ2n) is 4.61. The van der Waals surface area contributed by atoms with Crippen molar-refractivity contribution in [1.29, 1.82) is 0 Å². The number of nitrogens with zero attached hydrogens (tertiary/aromatic N) is 1. The quantitative estimate of drug-likeness (QED) is 0.892. The molecule has 0 atom stereocenters. The second-order valence-corrected chi connectivity index (χ2v) is 4.61. The number of halogens is 1. The third-order valence-corrected chi connectivity index (χ3v) is 2.83. The van der Waals surface area contributed by atoms with Crippen molar-refractivity contribution in [2.45, 2.75) is 27.3 Å². The van der Waals surface area contributed by atoms with Crippen molar-refractivity contribution in [3.8, 4) is 0 Å². The number of aryl methyl sites for hydroxylation is 3. The van der Waals surface area contributed by atoms with Crippen LogP contribution in [0, 0.1) is 26.6 Å². The fourth-order valence-corrected chi connectivity index (χ4v) is 2.00. The first-order chi connectivity index (χ1) is 8.95. The molecule has 2 rings (SSSR count). The van der Waals surface area contributed by atoms with Crippen molar-refractivity contribution in [2.24, 2.45) is 0 Å². The lowest BCUT2D eigenvalue weighted by atomic mass is 10.1. The van der Waals surface area contributed by atoms with Crippen LogP contribution in [0.1, 0.15) is 22.5 Å². The van der Waals surface area contributed by atoms with Gasteiger partial charge in [0.15, 0.2) is 0 Å². The summed E-state index contributed by atoms with van der Waals surface area (Å²) in [7, 11) is 0. The molecule has 0 saturated heterocycles. The predicted molar refractivity (Wildman–Crippen MR) is 72.8 cm³/mol. The minimum Gasteiger partial charge on any atom is -0.366 e. The Morgan fingerprint density at radius 3 is 2.42 bits per heavy atom. The lowest BCUT2D eigenvalue weighted by Crippen LogP contribution is -2.12. The van der Waals surface area contributed by atoms with Crippen LogP contribution in [0.25, 0.3) is 0 Å². The Morgan fingerprint density at radius 1 is 1.21 bits per heavy atom. The Morgan fingerprint density at radius 2 is 1.84 bits per heavy atom. The molecule has 100 valence electrons. The highest BCUT2D eigenvalue weighted by Gasteiger charge is 2.05. The molecule has 2 aromatic rings. The molecule has 0 spiro atoms. The summed E-state index contributed by atoms with van der Waals surface area (Å²) >= 11 is 0. The average Bonchev–Trinajstić information content (AvgIpc) is 2.32. The second kappa shape index (κ2) is 5.22. The summed E-state index contributed by atoms with van der Waals surface area (Å²) in [6.45, 7) is 5.69. The molecular formula is C14H16FN3O.